The van der Waals surface area contributed by atoms with Crippen LogP contribution in [0.4, 0.5) is 0 Å². The van der Waals surface area contributed by atoms with Gasteiger partial charge in [0.05, 0.1) is 0 Å². The van der Waals surface area contributed by atoms with E-state index in [0.29, 0.717) is 12.3 Å². The fraction of sp³-hybridized carbons (Fsp3) is 0.955. The SMILES string of the molecule is CCCCCCCCC(CCCCCC)CCC(=O)CCCCN. The summed E-state index contributed by atoms with van der Waals surface area (Å²) in [6.07, 6.45) is 21.0. The third-order valence-corrected chi connectivity index (χ3v) is 5.17. The Labute approximate surface area is 152 Å². The van der Waals surface area contributed by atoms with E-state index in [1.165, 1.54) is 77.0 Å². The minimum atomic E-state index is 0.463. The Hall–Kier alpha value is -0.370. The van der Waals surface area contributed by atoms with Crippen LogP contribution < -0.4 is 5.73 Å². The van der Waals surface area contributed by atoms with Gasteiger partial charge in [-0.05, 0) is 31.7 Å². The lowest BCUT2D eigenvalue weighted by molar-refractivity contribution is -0.119. The van der Waals surface area contributed by atoms with E-state index >= 15 is 0 Å². The molecule has 0 amide bonds. The van der Waals surface area contributed by atoms with Crippen LogP contribution in [0.3, 0.4) is 0 Å². The summed E-state index contributed by atoms with van der Waals surface area (Å²) in [6, 6.07) is 0. The molecule has 0 aliphatic rings. The largest absolute Gasteiger partial charge is 0.330 e. The minimum Gasteiger partial charge on any atom is -0.330 e. The predicted octanol–water partition coefficient (Wildman–Crippen LogP) is 6.80. The van der Waals surface area contributed by atoms with Crippen molar-refractivity contribution in [2.24, 2.45) is 11.7 Å². The molecule has 0 bridgehead atoms. The van der Waals surface area contributed by atoms with E-state index < -0.39 is 0 Å². The van der Waals surface area contributed by atoms with E-state index in [1.807, 2.05) is 0 Å². The Kier molecular flexibility index (Phi) is 18.7. The lowest BCUT2D eigenvalue weighted by Gasteiger charge is -2.16. The molecule has 2 heteroatoms. The van der Waals surface area contributed by atoms with Crippen molar-refractivity contribution in [3.63, 3.8) is 0 Å². The van der Waals surface area contributed by atoms with Crippen molar-refractivity contribution in [2.75, 3.05) is 6.54 Å². The zero-order chi connectivity index (χ0) is 17.9. The molecule has 1 atom stereocenters. The Balaban J connectivity index is 3.91. The van der Waals surface area contributed by atoms with Crippen molar-refractivity contribution in [3.8, 4) is 0 Å². The van der Waals surface area contributed by atoms with Crippen LogP contribution in [0.2, 0.25) is 0 Å². The third kappa shape index (κ3) is 16.5. The number of unbranched alkanes of at least 4 members (excludes halogenated alkanes) is 9. The van der Waals surface area contributed by atoms with Gasteiger partial charge in [0.25, 0.3) is 0 Å². The fourth-order valence-corrected chi connectivity index (χ4v) is 3.46. The second kappa shape index (κ2) is 19.0. The number of carbonyl (C=O) groups excluding carboxylic acids is 1. The molecule has 0 aromatic heterocycles. The topological polar surface area (TPSA) is 43.1 Å². The van der Waals surface area contributed by atoms with E-state index in [9.17, 15) is 4.79 Å². The molecule has 2 nitrogen and oxygen atoms in total. The molecule has 24 heavy (non-hydrogen) atoms. The highest BCUT2D eigenvalue weighted by Crippen LogP contribution is 2.23. The van der Waals surface area contributed by atoms with Gasteiger partial charge in [0.15, 0.2) is 0 Å². The number of rotatable bonds is 19. The van der Waals surface area contributed by atoms with Gasteiger partial charge in [0.2, 0.25) is 0 Å². The van der Waals surface area contributed by atoms with E-state index in [1.54, 1.807) is 0 Å². The Morgan fingerprint density at radius 1 is 0.667 bits per heavy atom. The first-order chi connectivity index (χ1) is 11.7. The lowest BCUT2D eigenvalue weighted by Crippen LogP contribution is -2.07. The first kappa shape index (κ1) is 23.6. The summed E-state index contributed by atoms with van der Waals surface area (Å²) in [7, 11) is 0. The highest BCUT2D eigenvalue weighted by molar-refractivity contribution is 5.78. The van der Waals surface area contributed by atoms with Crippen molar-refractivity contribution < 1.29 is 4.79 Å². The summed E-state index contributed by atoms with van der Waals surface area (Å²) in [6.45, 7) is 5.26. The molecule has 1 unspecified atom stereocenters. The first-order valence-corrected chi connectivity index (χ1v) is 11.0. The summed E-state index contributed by atoms with van der Waals surface area (Å²) in [5.74, 6) is 1.25. The van der Waals surface area contributed by atoms with Crippen molar-refractivity contribution in [2.45, 2.75) is 123 Å². The zero-order valence-electron chi connectivity index (χ0n) is 16.8. The van der Waals surface area contributed by atoms with Gasteiger partial charge in [-0.2, -0.15) is 0 Å². The van der Waals surface area contributed by atoms with Gasteiger partial charge in [-0.25, -0.2) is 0 Å². The van der Waals surface area contributed by atoms with Crippen LogP contribution in [-0.2, 0) is 4.79 Å². The normalized spacial score (nSPS) is 12.5. The van der Waals surface area contributed by atoms with Crippen molar-refractivity contribution in [1.82, 2.24) is 0 Å². The molecule has 0 spiro atoms. The third-order valence-electron chi connectivity index (χ3n) is 5.17. The van der Waals surface area contributed by atoms with E-state index in [4.69, 9.17) is 5.73 Å². The van der Waals surface area contributed by atoms with Crippen molar-refractivity contribution in [3.05, 3.63) is 0 Å². The highest BCUT2D eigenvalue weighted by atomic mass is 16.1. The van der Waals surface area contributed by atoms with Crippen molar-refractivity contribution in [1.29, 1.82) is 0 Å². The molecule has 0 aliphatic carbocycles. The van der Waals surface area contributed by atoms with Crippen LogP contribution in [0.1, 0.15) is 123 Å². The monoisotopic (exact) mass is 339 g/mol. The summed E-state index contributed by atoms with van der Waals surface area (Å²) in [4.78, 5) is 12.0. The molecule has 0 aromatic carbocycles. The zero-order valence-corrected chi connectivity index (χ0v) is 16.8. The van der Waals surface area contributed by atoms with Gasteiger partial charge in [0.1, 0.15) is 5.78 Å². The van der Waals surface area contributed by atoms with Crippen LogP contribution in [0, 0.1) is 5.92 Å². The first-order valence-electron chi connectivity index (χ1n) is 11.0. The van der Waals surface area contributed by atoms with Crippen LogP contribution in [0.5, 0.6) is 0 Å². The summed E-state index contributed by atoms with van der Waals surface area (Å²) >= 11 is 0. The van der Waals surface area contributed by atoms with E-state index in [0.717, 1.165) is 38.0 Å². The number of nitrogens with two attached hydrogens (primary N) is 1. The van der Waals surface area contributed by atoms with Gasteiger partial charge in [-0.1, -0.05) is 90.9 Å². The number of ketones is 1. The van der Waals surface area contributed by atoms with Gasteiger partial charge in [-0.15, -0.1) is 0 Å². The van der Waals surface area contributed by atoms with Gasteiger partial charge >= 0.3 is 0 Å². The molecule has 0 aliphatic heterocycles. The fourth-order valence-electron chi connectivity index (χ4n) is 3.46. The second-order valence-electron chi connectivity index (χ2n) is 7.59. The molecule has 0 heterocycles. The molecule has 0 aromatic rings. The lowest BCUT2D eigenvalue weighted by atomic mass is 9.89. The predicted molar refractivity (Wildman–Crippen MR) is 107 cm³/mol. The van der Waals surface area contributed by atoms with Gasteiger partial charge in [-0.3, -0.25) is 4.79 Å². The maximum atomic E-state index is 12.0. The maximum Gasteiger partial charge on any atom is 0.132 e. The molecule has 2 N–H and O–H groups in total. The average Bonchev–Trinajstić information content (AvgIpc) is 2.59. The summed E-state index contributed by atoms with van der Waals surface area (Å²) in [5.41, 5.74) is 5.50. The highest BCUT2D eigenvalue weighted by Gasteiger charge is 2.11. The molecule has 0 fully saturated rings. The number of hydrogen-bond donors (Lipinski definition) is 1. The number of hydrogen-bond acceptors (Lipinski definition) is 2. The Morgan fingerprint density at radius 3 is 1.79 bits per heavy atom. The Bertz CT molecular complexity index is 265. The van der Waals surface area contributed by atoms with Crippen LogP contribution in [0.15, 0.2) is 0 Å². The molecular weight excluding hydrogens is 294 g/mol. The van der Waals surface area contributed by atoms with E-state index in [2.05, 4.69) is 13.8 Å². The van der Waals surface area contributed by atoms with Crippen LogP contribution >= 0.6 is 0 Å². The molecule has 144 valence electrons. The smallest absolute Gasteiger partial charge is 0.132 e. The molecule has 0 saturated heterocycles. The molecule has 0 saturated carbocycles. The summed E-state index contributed by atoms with van der Waals surface area (Å²) < 4.78 is 0. The molecular formula is C22H45NO. The van der Waals surface area contributed by atoms with Crippen molar-refractivity contribution >= 4 is 5.78 Å². The van der Waals surface area contributed by atoms with Gasteiger partial charge in [0, 0.05) is 12.8 Å². The van der Waals surface area contributed by atoms with Gasteiger partial charge < -0.3 is 5.73 Å². The van der Waals surface area contributed by atoms with Crippen LogP contribution in [-0.4, -0.2) is 12.3 Å². The number of carbonyl (C=O) groups is 1. The molecule has 0 radical (unpaired) electrons. The number of Topliss-reactive ketones (excluding diaryl/α,β-unsaturated/α-hetero) is 1. The maximum absolute atomic E-state index is 12.0. The average molecular weight is 340 g/mol. The standard InChI is InChI=1S/C22H45NO/c1-3-5-7-9-10-12-16-21(15-11-8-6-4-2)18-19-22(24)17-13-14-20-23/h21H,3-20,23H2,1-2H3. The van der Waals surface area contributed by atoms with Crippen LogP contribution in [0.25, 0.3) is 0 Å². The molecule has 0 rings (SSSR count). The Morgan fingerprint density at radius 2 is 1.21 bits per heavy atom. The minimum absolute atomic E-state index is 0.463. The quantitative estimate of drug-likeness (QED) is 0.263. The summed E-state index contributed by atoms with van der Waals surface area (Å²) in [5, 5.41) is 0. The second-order valence-corrected chi connectivity index (χ2v) is 7.59. The van der Waals surface area contributed by atoms with E-state index in [-0.39, 0.29) is 0 Å².